The monoisotopic (exact) mass is 527 g/mol. The molecule has 0 saturated carbocycles. The molecule has 6 nitrogen and oxygen atoms in total. The fraction of sp³-hybridized carbons (Fsp3) is 0.269. The quantitative estimate of drug-likeness (QED) is 0.300. The number of fused-ring (bicyclic) bond motifs is 1. The highest BCUT2D eigenvalue weighted by Crippen LogP contribution is 2.42. The first-order valence-electron chi connectivity index (χ1n) is 11.5. The van der Waals surface area contributed by atoms with Crippen molar-refractivity contribution < 1.29 is 0 Å². The summed E-state index contributed by atoms with van der Waals surface area (Å²) in [5.74, 6) is 0.346. The van der Waals surface area contributed by atoms with Crippen molar-refractivity contribution in [3.05, 3.63) is 88.8 Å². The molecule has 1 atom stereocenters. The summed E-state index contributed by atoms with van der Waals surface area (Å²) in [6.07, 6.45) is 5.41. The molecule has 0 aliphatic carbocycles. The van der Waals surface area contributed by atoms with Gasteiger partial charge in [-0.1, -0.05) is 65.1 Å². The number of piperidine rings is 1. The predicted molar refractivity (Wildman–Crippen MR) is 144 cm³/mol. The minimum Gasteiger partial charge on any atom is -0.372 e. The molecule has 2 aromatic carbocycles. The third-order valence-corrected chi connectivity index (χ3v) is 6.82. The summed E-state index contributed by atoms with van der Waals surface area (Å²) in [6, 6.07) is 19.6. The van der Waals surface area contributed by atoms with Crippen LogP contribution in [0.15, 0.2) is 77.7 Å². The molecule has 1 N–H and O–H groups in total. The second kappa shape index (κ2) is 10.1. The molecule has 3 heterocycles. The van der Waals surface area contributed by atoms with E-state index in [0.29, 0.717) is 22.5 Å². The number of rotatable bonds is 5. The Hall–Kier alpha value is -2.80. The molecule has 1 aliphatic heterocycles. The van der Waals surface area contributed by atoms with Crippen LogP contribution in [0, 0.1) is 0 Å². The highest BCUT2D eigenvalue weighted by atomic mass is 35.6. The van der Waals surface area contributed by atoms with Crippen molar-refractivity contribution in [1.29, 1.82) is 0 Å². The fourth-order valence-corrected chi connectivity index (χ4v) is 5.18. The average Bonchev–Trinajstić information content (AvgIpc) is 2.86. The summed E-state index contributed by atoms with van der Waals surface area (Å²) in [4.78, 5) is 24.5. The SMILES string of the molecule is O=c1ccc2cnc(Nc3ccc(N4CCCCC4)cc3)nc2n1C(c1ccccc1)C(Cl)(Cl)Cl. The van der Waals surface area contributed by atoms with Gasteiger partial charge < -0.3 is 10.2 Å². The average molecular weight is 529 g/mol. The van der Waals surface area contributed by atoms with Crippen LogP contribution in [0.3, 0.4) is 0 Å². The summed E-state index contributed by atoms with van der Waals surface area (Å²) in [7, 11) is 0. The van der Waals surface area contributed by atoms with Gasteiger partial charge in [-0.3, -0.25) is 9.36 Å². The maximum atomic E-state index is 13.1. The minimum absolute atomic E-state index is 0.326. The van der Waals surface area contributed by atoms with Crippen LogP contribution in [0.4, 0.5) is 17.3 Å². The van der Waals surface area contributed by atoms with Gasteiger partial charge in [0.2, 0.25) is 9.74 Å². The molecule has 180 valence electrons. The Kier molecular flexibility index (Phi) is 6.87. The van der Waals surface area contributed by atoms with Gasteiger partial charge in [-0.2, -0.15) is 4.98 Å². The molecule has 0 radical (unpaired) electrons. The van der Waals surface area contributed by atoms with Crippen molar-refractivity contribution in [3.8, 4) is 0 Å². The zero-order chi connectivity index (χ0) is 24.4. The van der Waals surface area contributed by atoms with E-state index in [9.17, 15) is 4.79 Å². The van der Waals surface area contributed by atoms with Gasteiger partial charge in [0.05, 0.1) is 0 Å². The molecule has 35 heavy (non-hydrogen) atoms. The van der Waals surface area contributed by atoms with Crippen LogP contribution >= 0.6 is 34.8 Å². The first-order valence-corrected chi connectivity index (χ1v) is 12.7. The molecular weight excluding hydrogens is 505 g/mol. The van der Waals surface area contributed by atoms with E-state index in [0.717, 1.165) is 18.8 Å². The lowest BCUT2D eigenvalue weighted by atomic mass is 10.1. The molecule has 5 rings (SSSR count). The summed E-state index contributed by atoms with van der Waals surface area (Å²) >= 11 is 19.2. The second-order valence-corrected chi connectivity index (χ2v) is 11.0. The minimum atomic E-state index is -1.79. The molecular formula is C26H24Cl3N5O. The molecule has 2 aromatic heterocycles. The van der Waals surface area contributed by atoms with E-state index in [1.165, 1.54) is 35.6 Å². The van der Waals surface area contributed by atoms with Gasteiger partial charge in [-0.25, -0.2) is 4.98 Å². The Morgan fingerprint density at radius 2 is 1.60 bits per heavy atom. The molecule has 1 saturated heterocycles. The van der Waals surface area contributed by atoms with Gasteiger partial charge in [-0.05, 0) is 55.2 Å². The van der Waals surface area contributed by atoms with E-state index in [4.69, 9.17) is 34.8 Å². The molecule has 1 unspecified atom stereocenters. The molecule has 9 heteroatoms. The second-order valence-electron chi connectivity index (χ2n) is 8.59. The molecule has 0 bridgehead atoms. The van der Waals surface area contributed by atoms with Crippen LogP contribution in [-0.2, 0) is 0 Å². The van der Waals surface area contributed by atoms with Crippen molar-refractivity contribution in [3.63, 3.8) is 0 Å². The highest BCUT2D eigenvalue weighted by molar-refractivity contribution is 6.68. The molecule has 0 amide bonds. The van der Waals surface area contributed by atoms with Crippen LogP contribution in [0.25, 0.3) is 11.0 Å². The summed E-state index contributed by atoms with van der Waals surface area (Å²) < 4.78 is -0.369. The number of aromatic nitrogens is 3. The Morgan fingerprint density at radius 3 is 2.29 bits per heavy atom. The lowest BCUT2D eigenvalue weighted by Crippen LogP contribution is -2.33. The van der Waals surface area contributed by atoms with Crippen molar-refractivity contribution in [2.75, 3.05) is 23.3 Å². The first kappa shape index (κ1) is 23.9. The lowest BCUT2D eigenvalue weighted by molar-refractivity contribution is 0.578. The maximum Gasteiger partial charge on any atom is 0.252 e. The van der Waals surface area contributed by atoms with Crippen LogP contribution in [0.5, 0.6) is 0 Å². The van der Waals surface area contributed by atoms with E-state index < -0.39 is 9.83 Å². The summed E-state index contributed by atoms with van der Waals surface area (Å²) in [5.41, 5.74) is 2.78. The summed E-state index contributed by atoms with van der Waals surface area (Å²) in [5, 5.41) is 3.89. The number of nitrogens with one attached hydrogen (secondary N) is 1. The number of halogens is 3. The van der Waals surface area contributed by atoms with E-state index in [-0.39, 0.29) is 5.56 Å². The van der Waals surface area contributed by atoms with Crippen molar-refractivity contribution in [2.24, 2.45) is 0 Å². The number of hydrogen-bond acceptors (Lipinski definition) is 5. The van der Waals surface area contributed by atoms with Gasteiger partial charge in [-0.15, -0.1) is 0 Å². The van der Waals surface area contributed by atoms with Gasteiger partial charge in [0.25, 0.3) is 5.56 Å². The lowest BCUT2D eigenvalue weighted by Gasteiger charge is -2.29. The largest absolute Gasteiger partial charge is 0.372 e. The van der Waals surface area contributed by atoms with Crippen LogP contribution < -0.4 is 15.8 Å². The Bertz CT molecular complexity index is 1360. The third kappa shape index (κ3) is 5.25. The highest BCUT2D eigenvalue weighted by Gasteiger charge is 2.37. The zero-order valence-corrected chi connectivity index (χ0v) is 21.1. The smallest absolute Gasteiger partial charge is 0.252 e. The fourth-order valence-electron chi connectivity index (χ4n) is 4.50. The Labute approximate surface area is 218 Å². The number of anilines is 3. The van der Waals surface area contributed by atoms with Gasteiger partial charge >= 0.3 is 0 Å². The standard InChI is InChI=1S/C26H24Cl3N5O/c27-26(28,29)23(18-7-3-1-4-8-18)34-22(35)14-9-19-17-30-25(32-24(19)34)31-20-10-12-21(13-11-20)33-15-5-2-6-16-33/h1,3-4,7-14,17,23H,2,5-6,15-16H2,(H,30,31,32). The Morgan fingerprint density at radius 1 is 0.886 bits per heavy atom. The van der Waals surface area contributed by atoms with E-state index in [2.05, 4.69) is 32.3 Å². The van der Waals surface area contributed by atoms with Crippen molar-refractivity contribution in [1.82, 2.24) is 14.5 Å². The van der Waals surface area contributed by atoms with E-state index >= 15 is 0 Å². The number of nitrogens with zero attached hydrogens (tertiary/aromatic N) is 4. The number of alkyl halides is 3. The van der Waals surface area contributed by atoms with Crippen molar-refractivity contribution in [2.45, 2.75) is 29.1 Å². The van der Waals surface area contributed by atoms with Gasteiger partial charge in [0.1, 0.15) is 11.7 Å². The molecule has 4 aromatic rings. The van der Waals surface area contributed by atoms with E-state index in [1.54, 1.807) is 12.3 Å². The maximum absolute atomic E-state index is 13.1. The summed E-state index contributed by atoms with van der Waals surface area (Å²) in [6.45, 7) is 2.17. The normalized spacial score (nSPS) is 15.2. The first-order chi connectivity index (χ1) is 16.9. The topological polar surface area (TPSA) is 63.1 Å². The van der Waals surface area contributed by atoms with Gasteiger partial charge in [0.15, 0.2) is 0 Å². The molecule has 0 spiro atoms. The van der Waals surface area contributed by atoms with Gasteiger partial charge in [0, 0.05) is 42.1 Å². The predicted octanol–water partition coefficient (Wildman–Crippen LogP) is 6.49. The molecule has 1 fully saturated rings. The molecule has 1 aliphatic rings. The van der Waals surface area contributed by atoms with Crippen LogP contribution in [0.2, 0.25) is 0 Å². The number of pyridine rings is 1. The number of benzene rings is 2. The van der Waals surface area contributed by atoms with E-state index in [1.807, 2.05) is 42.5 Å². The Balaban J connectivity index is 1.51. The zero-order valence-electron chi connectivity index (χ0n) is 18.9. The third-order valence-electron chi connectivity index (χ3n) is 6.20. The van der Waals surface area contributed by atoms with Crippen LogP contribution in [0.1, 0.15) is 30.9 Å². The van der Waals surface area contributed by atoms with Crippen molar-refractivity contribution >= 4 is 63.2 Å². The number of hydrogen-bond donors (Lipinski definition) is 1. The van der Waals surface area contributed by atoms with Crippen LogP contribution in [-0.4, -0.2) is 31.4 Å².